The van der Waals surface area contributed by atoms with Gasteiger partial charge in [-0.1, -0.05) is 30.3 Å². The molecule has 3 aromatic rings. The zero-order valence-corrected chi connectivity index (χ0v) is 17.6. The SMILES string of the molecule is C=CCNC(=O)c1cccc(S(=O)(=O)NCc2cccc(OCc3ccccn3)c2)c1. The van der Waals surface area contributed by atoms with Crippen molar-refractivity contribution in [2.45, 2.75) is 18.0 Å². The fraction of sp³-hybridized carbons (Fsp3) is 0.130. The second-order valence-corrected chi connectivity index (χ2v) is 8.38. The van der Waals surface area contributed by atoms with Gasteiger partial charge in [0, 0.05) is 24.8 Å². The molecule has 1 amide bonds. The van der Waals surface area contributed by atoms with Crippen LogP contribution in [0, 0.1) is 0 Å². The number of nitrogens with one attached hydrogen (secondary N) is 2. The van der Waals surface area contributed by atoms with Crippen molar-refractivity contribution < 1.29 is 17.9 Å². The van der Waals surface area contributed by atoms with Crippen LogP contribution in [0.4, 0.5) is 0 Å². The predicted molar refractivity (Wildman–Crippen MR) is 118 cm³/mol. The number of ether oxygens (including phenoxy) is 1. The van der Waals surface area contributed by atoms with Crippen LogP contribution >= 0.6 is 0 Å². The van der Waals surface area contributed by atoms with Crippen LogP contribution in [-0.4, -0.2) is 25.9 Å². The number of rotatable bonds is 10. The lowest BCUT2D eigenvalue weighted by Gasteiger charge is -2.10. The van der Waals surface area contributed by atoms with Crippen molar-refractivity contribution in [2.24, 2.45) is 0 Å². The summed E-state index contributed by atoms with van der Waals surface area (Å²) in [7, 11) is -3.80. The Morgan fingerprint density at radius 1 is 1.06 bits per heavy atom. The van der Waals surface area contributed by atoms with Gasteiger partial charge in [0.2, 0.25) is 10.0 Å². The minimum absolute atomic E-state index is 0.0151. The first-order valence-corrected chi connectivity index (χ1v) is 11.1. The van der Waals surface area contributed by atoms with Gasteiger partial charge in [0.25, 0.3) is 5.91 Å². The molecule has 0 unspecified atom stereocenters. The number of nitrogens with zero attached hydrogens (tertiary/aromatic N) is 1. The van der Waals surface area contributed by atoms with Crippen LogP contribution in [0.1, 0.15) is 21.6 Å². The highest BCUT2D eigenvalue weighted by Gasteiger charge is 2.16. The molecule has 31 heavy (non-hydrogen) atoms. The number of hydrogen-bond acceptors (Lipinski definition) is 5. The highest BCUT2D eigenvalue weighted by Crippen LogP contribution is 2.16. The predicted octanol–water partition coefficient (Wildman–Crippen LogP) is 3.05. The summed E-state index contributed by atoms with van der Waals surface area (Å²) in [5.41, 5.74) is 1.79. The van der Waals surface area contributed by atoms with E-state index in [4.69, 9.17) is 4.74 Å². The number of carbonyl (C=O) groups is 1. The van der Waals surface area contributed by atoms with Crippen LogP contribution in [0.5, 0.6) is 5.75 Å². The molecule has 2 aromatic carbocycles. The average molecular weight is 438 g/mol. The Hall–Kier alpha value is -3.49. The number of pyridine rings is 1. The molecule has 1 aromatic heterocycles. The maximum Gasteiger partial charge on any atom is 0.251 e. The smallest absolute Gasteiger partial charge is 0.251 e. The van der Waals surface area contributed by atoms with E-state index in [2.05, 4.69) is 21.6 Å². The summed E-state index contributed by atoms with van der Waals surface area (Å²) in [6.07, 6.45) is 3.25. The third-order valence-electron chi connectivity index (χ3n) is 4.29. The first-order valence-electron chi connectivity index (χ1n) is 9.58. The molecule has 7 nitrogen and oxygen atoms in total. The van der Waals surface area contributed by atoms with E-state index in [1.165, 1.54) is 18.2 Å². The number of hydrogen-bond donors (Lipinski definition) is 2. The van der Waals surface area contributed by atoms with Crippen LogP contribution in [0.3, 0.4) is 0 Å². The van der Waals surface area contributed by atoms with Crippen LogP contribution in [0.2, 0.25) is 0 Å². The third kappa shape index (κ3) is 6.50. The lowest BCUT2D eigenvalue weighted by molar-refractivity contribution is 0.0958. The molecule has 0 radical (unpaired) electrons. The van der Waals surface area contributed by atoms with E-state index in [-0.39, 0.29) is 22.9 Å². The van der Waals surface area contributed by atoms with Gasteiger partial charge in [-0.05, 0) is 48.0 Å². The van der Waals surface area contributed by atoms with E-state index in [1.54, 1.807) is 42.6 Å². The van der Waals surface area contributed by atoms with Gasteiger partial charge in [0.05, 0.1) is 10.6 Å². The number of amides is 1. The lowest BCUT2D eigenvalue weighted by atomic mass is 10.2. The quantitative estimate of drug-likeness (QED) is 0.475. The topological polar surface area (TPSA) is 97.4 Å². The van der Waals surface area contributed by atoms with Gasteiger partial charge in [0.15, 0.2) is 0 Å². The van der Waals surface area contributed by atoms with Crippen LogP contribution < -0.4 is 14.8 Å². The Kier molecular flexibility index (Phi) is 7.53. The molecule has 1 heterocycles. The summed E-state index contributed by atoms with van der Waals surface area (Å²) in [5, 5.41) is 2.62. The fourth-order valence-corrected chi connectivity index (χ4v) is 3.78. The molecule has 0 aliphatic rings. The molecule has 0 aliphatic heterocycles. The molecule has 0 bridgehead atoms. The van der Waals surface area contributed by atoms with Crippen molar-refractivity contribution in [3.8, 4) is 5.75 Å². The molecule has 0 aliphatic carbocycles. The standard InChI is InChI=1S/C23H23N3O4S/c1-2-12-25-23(27)19-8-6-11-22(15-19)31(28,29)26-16-18-7-5-10-21(14-18)30-17-20-9-3-4-13-24-20/h2-11,13-15,26H,1,12,16-17H2,(H,25,27). The minimum Gasteiger partial charge on any atom is -0.487 e. The number of benzene rings is 2. The maximum atomic E-state index is 12.7. The van der Waals surface area contributed by atoms with E-state index in [0.29, 0.717) is 18.9 Å². The average Bonchev–Trinajstić information content (AvgIpc) is 2.81. The van der Waals surface area contributed by atoms with Crippen LogP contribution in [0.15, 0.2) is 90.5 Å². The summed E-state index contributed by atoms with van der Waals surface area (Å²) < 4.78 is 33.7. The Morgan fingerprint density at radius 3 is 2.68 bits per heavy atom. The van der Waals surface area contributed by atoms with E-state index < -0.39 is 10.0 Å². The molecular weight excluding hydrogens is 414 g/mol. The molecule has 0 atom stereocenters. The van der Waals surface area contributed by atoms with Crippen LogP contribution in [-0.2, 0) is 23.2 Å². The highest BCUT2D eigenvalue weighted by atomic mass is 32.2. The van der Waals surface area contributed by atoms with Crippen molar-refractivity contribution in [1.82, 2.24) is 15.0 Å². The summed E-state index contributed by atoms with van der Waals surface area (Å²) in [6.45, 7) is 4.23. The van der Waals surface area contributed by atoms with Gasteiger partial charge in [-0.2, -0.15) is 0 Å². The third-order valence-corrected chi connectivity index (χ3v) is 5.69. The Morgan fingerprint density at radius 2 is 1.90 bits per heavy atom. The summed E-state index contributed by atoms with van der Waals surface area (Å²) in [6, 6.07) is 18.6. The molecule has 8 heteroatoms. The molecule has 0 spiro atoms. The second-order valence-electron chi connectivity index (χ2n) is 6.61. The van der Waals surface area contributed by atoms with Gasteiger partial charge in [-0.15, -0.1) is 6.58 Å². The number of sulfonamides is 1. The molecule has 0 saturated heterocycles. The minimum atomic E-state index is -3.80. The van der Waals surface area contributed by atoms with E-state index in [0.717, 1.165) is 11.3 Å². The monoisotopic (exact) mass is 437 g/mol. The number of carbonyl (C=O) groups excluding carboxylic acids is 1. The number of aromatic nitrogens is 1. The Bertz CT molecular complexity index is 1150. The van der Waals surface area contributed by atoms with Gasteiger partial charge in [-0.25, -0.2) is 13.1 Å². The molecule has 3 rings (SSSR count). The maximum absolute atomic E-state index is 12.7. The zero-order chi connectivity index (χ0) is 22.1. The second kappa shape index (κ2) is 10.5. The molecule has 0 fully saturated rings. The molecular formula is C23H23N3O4S. The van der Waals surface area contributed by atoms with Crippen molar-refractivity contribution in [3.63, 3.8) is 0 Å². The van der Waals surface area contributed by atoms with Gasteiger partial charge in [0.1, 0.15) is 12.4 Å². The molecule has 2 N–H and O–H groups in total. The van der Waals surface area contributed by atoms with Crippen molar-refractivity contribution in [1.29, 1.82) is 0 Å². The van der Waals surface area contributed by atoms with Gasteiger partial charge in [-0.3, -0.25) is 9.78 Å². The summed E-state index contributed by atoms with van der Waals surface area (Å²) in [4.78, 5) is 16.3. The summed E-state index contributed by atoms with van der Waals surface area (Å²) in [5.74, 6) is 0.248. The Labute approximate surface area is 181 Å². The van der Waals surface area contributed by atoms with Crippen molar-refractivity contribution in [3.05, 3.63) is 102 Å². The molecule has 160 valence electrons. The van der Waals surface area contributed by atoms with E-state index in [1.807, 2.05) is 18.2 Å². The normalized spacial score (nSPS) is 11.0. The fourth-order valence-electron chi connectivity index (χ4n) is 2.72. The first-order chi connectivity index (χ1) is 15.0. The highest BCUT2D eigenvalue weighted by molar-refractivity contribution is 7.89. The first kappa shape index (κ1) is 22.2. The van der Waals surface area contributed by atoms with E-state index in [9.17, 15) is 13.2 Å². The van der Waals surface area contributed by atoms with Gasteiger partial charge < -0.3 is 10.1 Å². The van der Waals surface area contributed by atoms with Crippen LogP contribution in [0.25, 0.3) is 0 Å². The van der Waals surface area contributed by atoms with E-state index >= 15 is 0 Å². The molecule has 0 saturated carbocycles. The lowest BCUT2D eigenvalue weighted by Crippen LogP contribution is -2.25. The summed E-state index contributed by atoms with van der Waals surface area (Å²) >= 11 is 0. The largest absolute Gasteiger partial charge is 0.487 e. The zero-order valence-electron chi connectivity index (χ0n) is 16.8. The Balaban J connectivity index is 1.64. The van der Waals surface area contributed by atoms with Crippen molar-refractivity contribution >= 4 is 15.9 Å². The van der Waals surface area contributed by atoms with Crippen molar-refractivity contribution in [2.75, 3.05) is 6.54 Å². The van der Waals surface area contributed by atoms with Gasteiger partial charge >= 0.3 is 0 Å².